The Bertz CT molecular complexity index is 1230. The Labute approximate surface area is 185 Å². The number of phenols is 1. The summed E-state index contributed by atoms with van der Waals surface area (Å²) in [5, 5.41) is 19.2. The molecule has 0 fully saturated rings. The van der Waals surface area contributed by atoms with Gasteiger partial charge in [0.25, 0.3) is 17.0 Å². The van der Waals surface area contributed by atoms with Crippen LogP contribution >= 0.6 is 0 Å². The minimum atomic E-state index is -0.554. The van der Waals surface area contributed by atoms with E-state index in [1.165, 1.54) is 24.1 Å². The summed E-state index contributed by atoms with van der Waals surface area (Å²) in [5.74, 6) is -0.704. The average molecular weight is 438 g/mol. The summed E-state index contributed by atoms with van der Waals surface area (Å²) in [5.41, 5.74) is 0.188. The first kappa shape index (κ1) is 22.7. The number of hydrogen-bond donors (Lipinski definition) is 4. The number of nitrogens with one attached hydrogen (secondary N) is 3. The lowest BCUT2D eigenvalue weighted by Gasteiger charge is -2.21. The van der Waals surface area contributed by atoms with E-state index in [-0.39, 0.29) is 34.4 Å². The van der Waals surface area contributed by atoms with Crippen molar-refractivity contribution in [1.29, 1.82) is 0 Å². The van der Waals surface area contributed by atoms with Gasteiger partial charge in [-0.15, -0.1) is 0 Å². The van der Waals surface area contributed by atoms with E-state index in [0.717, 1.165) is 10.2 Å². The fourth-order valence-electron chi connectivity index (χ4n) is 3.37. The number of aromatic amines is 1. The second-order valence-electron chi connectivity index (χ2n) is 7.60. The number of hydrogen-bond acceptors (Lipinski definition) is 6. The monoisotopic (exact) mass is 437 g/mol. The van der Waals surface area contributed by atoms with Crippen LogP contribution in [0.5, 0.6) is 5.75 Å². The highest BCUT2D eigenvalue weighted by atomic mass is 16.3. The standard InChI is InChI=1S/C23H27N5O4/c1-5-16(14-10-7-6-8-11-14)24-19-18(21(30)26-28(4)23(19)32)25-17-13-9-12-15(20(17)29)22(31)27(2)3/h6-13,16,24-25,29H,5H2,1-4H3,(H,26,30). The van der Waals surface area contributed by atoms with Gasteiger partial charge in [-0.3, -0.25) is 24.2 Å². The molecule has 168 valence electrons. The molecule has 3 rings (SSSR count). The summed E-state index contributed by atoms with van der Waals surface area (Å²) in [6, 6.07) is 14.0. The summed E-state index contributed by atoms with van der Waals surface area (Å²) in [7, 11) is 4.60. The number of anilines is 3. The van der Waals surface area contributed by atoms with Crippen molar-refractivity contribution in [3.63, 3.8) is 0 Å². The number of aromatic nitrogens is 2. The molecule has 0 spiro atoms. The van der Waals surface area contributed by atoms with Crippen molar-refractivity contribution in [2.75, 3.05) is 24.7 Å². The Hall–Kier alpha value is -4.01. The van der Waals surface area contributed by atoms with E-state index >= 15 is 0 Å². The van der Waals surface area contributed by atoms with Gasteiger partial charge in [-0.05, 0) is 24.1 Å². The fraction of sp³-hybridized carbons (Fsp3) is 0.261. The van der Waals surface area contributed by atoms with Gasteiger partial charge in [0.15, 0.2) is 5.75 Å². The minimum absolute atomic E-state index is 0.0489. The Balaban J connectivity index is 2.08. The zero-order valence-electron chi connectivity index (χ0n) is 18.5. The van der Waals surface area contributed by atoms with Gasteiger partial charge in [-0.1, -0.05) is 43.3 Å². The van der Waals surface area contributed by atoms with E-state index in [9.17, 15) is 19.5 Å². The highest BCUT2D eigenvalue weighted by Crippen LogP contribution is 2.32. The van der Waals surface area contributed by atoms with Crippen LogP contribution in [0.4, 0.5) is 17.1 Å². The molecule has 4 N–H and O–H groups in total. The van der Waals surface area contributed by atoms with Crippen LogP contribution in [0.2, 0.25) is 0 Å². The third kappa shape index (κ3) is 4.51. The van der Waals surface area contributed by atoms with E-state index < -0.39 is 17.0 Å². The molecule has 0 radical (unpaired) electrons. The van der Waals surface area contributed by atoms with Gasteiger partial charge in [0.1, 0.15) is 11.4 Å². The maximum absolute atomic E-state index is 12.9. The SMILES string of the molecule is CCC(Nc1c(Nc2cccc(C(=O)N(C)C)c2O)c(=O)[nH]n(C)c1=O)c1ccccc1. The topological polar surface area (TPSA) is 119 Å². The van der Waals surface area contributed by atoms with Crippen molar-refractivity contribution in [2.45, 2.75) is 19.4 Å². The third-order valence-corrected chi connectivity index (χ3v) is 5.13. The first-order valence-corrected chi connectivity index (χ1v) is 10.2. The van der Waals surface area contributed by atoms with Crippen LogP contribution in [0.25, 0.3) is 0 Å². The molecule has 0 aliphatic carbocycles. The Kier molecular flexibility index (Phi) is 6.67. The van der Waals surface area contributed by atoms with Crippen molar-refractivity contribution < 1.29 is 9.90 Å². The first-order chi connectivity index (χ1) is 15.2. The molecule has 1 aromatic heterocycles. The zero-order valence-corrected chi connectivity index (χ0v) is 18.5. The Morgan fingerprint density at radius 3 is 2.41 bits per heavy atom. The van der Waals surface area contributed by atoms with Gasteiger partial charge in [0, 0.05) is 21.1 Å². The van der Waals surface area contributed by atoms with Crippen LogP contribution in [-0.4, -0.2) is 39.8 Å². The highest BCUT2D eigenvalue weighted by Gasteiger charge is 2.21. The summed E-state index contributed by atoms with van der Waals surface area (Å²) >= 11 is 0. The number of aryl methyl sites for hydroxylation is 1. The van der Waals surface area contributed by atoms with Gasteiger partial charge < -0.3 is 20.6 Å². The van der Waals surface area contributed by atoms with E-state index in [4.69, 9.17) is 0 Å². The summed E-state index contributed by atoms with van der Waals surface area (Å²) in [6.07, 6.45) is 0.664. The highest BCUT2D eigenvalue weighted by molar-refractivity contribution is 5.98. The lowest BCUT2D eigenvalue weighted by molar-refractivity contribution is 0.0824. The molecule has 9 nitrogen and oxygen atoms in total. The van der Waals surface area contributed by atoms with Crippen molar-refractivity contribution >= 4 is 23.0 Å². The number of para-hydroxylation sites is 1. The number of amides is 1. The summed E-state index contributed by atoms with van der Waals surface area (Å²) in [6.45, 7) is 1.97. The lowest BCUT2D eigenvalue weighted by atomic mass is 10.0. The molecule has 1 amide bonds. The summed E-state index contributed by atoms with van der Waals surface area (Å²) < 4.78 is 1.10. The van der Waals surface area contributed by atoms with Gasteiger partial charge in [-0.2, -0.15) is 0 Å². The van der Waals surface area contributed by atoms with Gasteiger partial charge in [-0.25, -0.2) is 0 Å². The van der Waals surface area contributed by atoms with Crippen LogP contribution in [0.1, 0.15) is 35.3 Å². The largest absolute Gasteiger partial charge is 0.505 e. The van der Waals surface area contributed by atoms with Crippen molar-refractivity contribution in [1.82, 2.24) is 14.7 Å². The van der Waals surface area contributed by atoms with E-state index in [0.29, 0.717) is 6.42 Å². The van der Waals surface area contributed by atoms with Crippen LogP contribution in [0.15, 0.2) is 58.1 Å². The maximum Gasteiger partial charge on any atom is 0.290 e. The molecule has 0 bridgehead atoms. The number of carbonyl (C=O) groups excluding carboxylic acids is 1. The second kappa shape index (κ2) is 9.42. The first-order valence-electron chi connectivity index (χ1n) is 10.2. The van der Waals surface area contributed by atoms with Crippen LogP contribution < -0.4 is 21.8 Å². The third-order valence-electron chi connectivity index (χ3n) is 5.13. The van der Waals surface area contributed by atoms with Crippen LogP contribution in [0.3, 0.4) is 0 Å². The van der Waals surface area contributed by atoms with Gasteiger partial charge in [0.2, 0.25) is 0 Å². The summed E-state index contributed by atoms with van der Waals surface area (Å²) in [4.78, 5) is 39.4. The van der Waals surface area contributed by atoms with Crippen molar-refractivity contribution in [2.24, 2.45) is 7.05 Å². The molecule has 0 aliphatic rings. The van der Waals surface area contributed by atoms with Crippen molar-refractivity contribution in [3.8, 4) is 5.75 Å². The smallest absolute Gasteiger partial charge is 0.290 e. The van der Waals surface area contributed by atoms with Crippen LogP contribution in [0, 0.1) is 0 Å². The van der Waals surface area contributed by atoms with E-state index in [2.05, 4.69) is 15.7 Å². The van der Waals surface area contributed by atoms with Gasteiger partial charge in [0.05, 0.1) is 17.3 Å². The average Bonchev–Trinajstić information content (AvgIpc) is 2.78. The number of benzene rings is 2. The molecule has 9 heteroatoms. The van der Waals surface area contributed by atoms with Gasteiger partial charge >= 0.3 is 0 Å². The molecule has 0 saturated carbocycles. The minimum Gasteiger partial charge on any atom is -0.505 e. The normalized spacial score (nSPS) is 11.6. The van der Waals surface area contributed by atoms with E-state index in [1.807, 2.05) is 37.3 Å². The molecule has 0 saturated heterocycles. The Morgan fingerprint density at radius 2 is 1.78 bits per heavy atom. The number of rotatable bonds is 7. The molecule has 1 unspecified atom stereocenters. The molecular formula is C23H27N5O4. The molecule has 0 aliphatic heterocycles. The van der Waals surface area contributed by atoms with Crippen LogP contribution in [-0.2, 0) is 7.05 Å². The maximum atomic E-state index is 12.9. The lowest BCUT2D eigenvalue weighted by Crippen LogP contribution is -2.32. The fourth-order valence-corrected chi connectivity index (χ4v) is 3.37. The second-order valence-corrected chi connectivity index (χ2v) is 7.60. The number of aromatic hydroxyl groups is 1. The number of carbonyl (C=O) groups is 1. The zero-order chi connectivity index (χ0) is 23.4. The predicted octanol–water partition coefficient (Wildman–Crippen LogP) is 2.79. The molecule has 1 heterocycles. The van der Waals surface area contributed by atoms with E-state index in [1.54, 1.807) is 20.2 Å². The number of H-pyrrole nitrogens is 1. The van der Waals surface area contributed by atoms with Crippen molar-refractivity contribution in [3.05, 3.63) is 80.4 Å². The number of nitrogens with zero attached hydrogens (tertiary/aromatic N) is 2. The molecule has 2 aromatic carbocycles. The quantitative estimate of drug-likeness (QED) is 0.422. The Morgan fingerprint density at radius 1 is 1.09 bits per heavy atom. The molecule has 32 heavy (non-hydrogen) atoms. The predicted molar refractivity (Wildman–Crippen MR) is 125 cm³/mol. The molecular weight excluding hydrogens is 410 g/mol. The number of phenolic OH excluding ortho intramolecular Hbond substituents is 1. The molecule has 1 atom stereocenters. The molecule has 3 aromatic rings.